The molecule has 0 fully saturated rings. The van der Waals surface area contributed by atoms with E-state index in [-0.39, 0.29) is 5.78 Å². The summed E-state index contributed by atoms with van der Waals surface area (Å²) in [6.45, 7) is 1.42. The fourth-order valence-corrected chi connectivity index (χ4v) is 0.901. The SMILES string of the molecule is CC(=O)C#Cc1ccccc1Cl. The third-order valence-corrected chi connectivity index (χ3v) is 1.58. The lowest BCUT2D eigenvalue weighted by Crippen LogP contribution is -1.82. The van der Waals surface area contributed by atoms with Crippen LogP contribution in [0.1, 0.15) is 12.5 Å². The molecule has 60 valence electrons. The van der Waals surface area contributed by atoms with Gasteiger partial charge in [0, 0.05) is 12.5 Å². The standard InChI is InChI=1S/C10H7ClO/c1-8(12)6-7-9-4-2-3-5-10(9)11/h2-5H,1H3. The predicted molar refractivity (Wildman–Crippen MR) is 49.0 cm³/mol. The summed E-state index contributed by atoms with van der Waals surface area (Å²) in [4.78, 5) is 10.5. The largest absolute Gasteiger partial charge is 0.285 e. The highest BCUT2D eigenvalue weighted by Crippen LogP contribution is 2.12. The van der Waals surface area contributed by atoms with Crippen molar-refractivity contribution in [2.75, 3.05) is 0 Å². The highest BCUT2D eigenvalue weighted by atomic mass is 35.5. The van der Waals surface area contributed by atoms with Crippen LogP contribution in [0.5, 0.6) is 0 Å². The van der Waals surface area contributed by atoms with Gasteiger partial charge in [-0.25, -0.2) is 0 Å². The van der Waals surface area contributed by atoms with E-state index in [1.807, 2.05) is 12.1 Å². The zero-order valence-electron chi connectivity index (χ0n) is 6.60. The van der Waals surface area contributed by atoms with Gasteiger partial charge in [0.05, 0.1) is 5.02 Å². The smallest absolute Gasteiger partial charge is 0.202 e. The first-order chi connectivity index (χ1) is 5.70. The molecule has 1 rings (SSSR count). The fourth-order valence-electron chi connectivity index (χ4n) is 0.718. The molecule has 0 heterocycles. The van der Waals surface area contributed by atoms with Crippen molar-refractivity contribution in [3.63, 3.8) is 0 Å². The summed E-state index contributed by atoms with van der Waals surface area (Å²) in [6, 6.07) is 7.17. The van der Waals surface area contributed by atoms with E-state index in [4.69, 9.17) is 11.6 Å². The Kier molecular flexibility index (Phi) is 2.90. The Balaban J connectivity index is 2.99. The van der Waals surface area contributed by atoms with Crippen LogP contribution in [-0.4, -0.2) is 5.78 Å². The number of benzene rings is 1. The normalized spacial score (nSPS) is 8.50. The molecule has 0 spiro atoms. The predicted octanol–water partition coefficient (Wildman–Crippen LogP) is 2.28. The van der Waals surface area contributed by atoms with Crippen LogP contribution in [0.25, 0.3) is 0 Å². The van der Waals surface area contributed by atoms with Crippen molar-refractivity contribution in [3.05, 3.63) is 34.9 Å². The lowest BCUT2D eigenvalue weighted by molar-refractivity contribution is -0.111. The highest BCUT2D eigenvalue weighted by molar-refractivity contribution is 6.31. The van der Waals surface area contributed by atoms with Crippen LogP contribution in [0.15, 0.2) is 24.3 Å². The van der Waals surface area contributed by atoms with Gasteiger partial charge in [0.1, 0.15) is 0 Å². The molecule has 1 nitrogen and oxygen atoms in total. The van der Waals surface area contributed by atoms with Crippen LogP contribution in [0.2, 0.25) is 5.02 Å². The number of carbonyl (C=O) groups excluding carboxylic acids is 1. The van der Waals surface area contributed by atoms with Crippen molar-refractivity contribution < 1.29 is 4.79 Å². The van der Waals surface area contributed by atoms with Crippen molar-refractivity contribution in [1.82, 2.24) is 0 Å². The molecule has 0 radical (unpaired) electrons. The van der Waals surface area contributed by atoms with Crippen molar-refractivity contribution in [2.45, 2.75) is 6.92 Å². The van der Waals surface area contributed by atoms with E-state index in [0.717, 1.165) is 0 Å². The lowest BCUT2D eigenvalue weighted by atomic mass is 10.2. The van der Waals surface area contributed by atoms with Crippen LogP contribution in [-0.2, 0) is 4.79 Å². The third-order valence-electron chi connectivity index (χ3n) is 1.25. The van der Waals surface area contributed by atoms with Crippen LogP contribution in [0.4, 0.5) is 0 Å². The minimum Gasteiger partial charge on any atom is -0.285 e. The molecule has 0 unspecified atom stereocenters. The van der Waals surface area contributed by atoms with Gasteiger partial charge in [-0.2, -0.15) is 0 Å². The zero-order chi connectivity index (χ0) is 8.97. The fraction of sp³-hybridized carbons (Fsp3) is 0.100. The first-order valence-corrected chi connectivity index (χ1v) is 3.85. The minimum absolute atomic E-state index is 0.157. The second kappa shape index (κ2) is 3.94. The van der Waals surface area contributed by atoms with Gasteiger partial charge in [-0.15, -0.1) is 0 Å². The molecular weight excluding hydrogens is 172 g/mol. The van der Waals surface area contributed by atoms with Crippen LogP contribution >= 0.6 is 11.6 Å². The highest BCUT2D eigenvalue weighted by Gasteiger charge is 1.92. The van der Waals surface area contributed by atoms with E-state index >= 15 is 0 Å². The number of hydrogen-bond donors (Lipinski definition) is 0. The number of ketones is 1. The van der Waals surface area contributed by atoms with E-state index in [1.54, 1.807) is 12.1 Å². The van der Waals surface area contributed by atoms with Gasteiger partial charge in [0.25, 0.3) is 0 Å². The van der Waals surface area contributed by atoms with Gasteiger partial charge < -0.3 is 0 Å². The Morgan fingerprint density at radius 2 is 2.08 bits per heavy atom. The van der Waals surface area contributed by atoms with E-state index in [2.05, 4.69) is 11.8 Å². The summed E-state index contributed by atoms with van der Waals surface area (Å²) < 4.78 is 0. The van der Waals surface area contributed by atoms with E-state index in [0.29, 0.717) is 10.6 Å². The maximum absolute atomic E-state index is 10.5. The van der Waals surface area contributed by atoms with E-state index < -0.39 is 0 Å². The Labute approximate surface area is 76.4 Å². The molecule has 0 saturated heterocycles. The summed E-state index contributed by atoms with van der Waals surface area (Å²) >= 11 is 5.79. The van der Waals surface area contributed by atoms with E-state index in [1.165, 1.54) is 6.92 Å². The summed E-state index contributed by atoms with van der Waals surface area (Å²) in [7, 11) is 0. The maximum Gasteiger partial charge on any atom is 0.202 e. The molecule has 0 amide bonds. The van der Waals surface area contributed by atoms with Crippen LogP contribution in [0.3, 0.4) is 0 Å². The zero-order valence-corrected chi connectivity index (χ0v) is 7.35. The van der Waals surface area contributed by atoms with Crippen molar-refractivity contribution in [2.24, 2.45) is 0 Å². The molecule has 0 aliphatic heterocycles. The molecule has 1 aromatic rings. The molecular formula is C10H7ClO. The quantitative estimate of drug-likeness (QED) is 0.557. The molecule has 0 aliphatic rings. The molecule has 0 aromatic heterocycles. The second-order valence-corrected chi connectivity index (χ2v) is 2.69. The summed E-state index contributed by atoms with van der Waals surface area (Å²) in [6.07, 6.45) is 0. The molecule has 12 heavy (non-hydrogen) atoms. The molecule has 0 bridgehead atoms. The topological polar surface area (TPSA) is 17.1 Å². The molecule has 0 atom stereocenters. The first kappa shape index (κ1) is 8.83. The Bertz CT molecular complexity index is 358. The second-order valence-electron chi connectivity index (χ2n) is 2.29. The lowest BCUT2D eigenvalue weighted by Gasteiger charge is -1.91. The average molecular weight is 179 g/mol. The Morgan fingerprint density at radius 1 is 1.42 bits per heavy atom. The molecule has 0 N–H and O–H groups in total. The summed E-state index contributed by atoms with van der Waals surface area (Å²) in [5, 5.41) is 0.575. The molecule has 1 aromatic carbocycles. The van der Waals surface area contributed by atoms with Gasteiger partial charge in [-0.3, -0.25) is 4.79 Å². The van der Waals surface area contributed by atoms with Crippen LogP contribution < -0.4 is 0 Å². The minimum atomic E-state index is -0.157. The Hall–Kier alpha value is -1.26. The molecule has 0 saturated carbocycles. The van der Waals surface area contributed by atoms with Crippen molar-refractivity contribution in [1.29, 1.82) is 0 Å². The number of carbonyl (C=O) groups is 1. The number of rotatable bonds is 0. The Morgan fingerprint density at radius 3 is 2.67 bits per heavy atom. The molecule has 2 heteroatoms. The van der Waals surface area contributed by atoms with Gasteiger partial charge >= 0.3 is 0 Å². The van der Waals surface area contributed by atoms with Crippen molar-refractivity contribution in [3.8, 4) is 11.8 Å². The van der Waals surface area contributed by atoms with Crippen molar-refractivity contribution >= 4 is 17.4 Å². The summed E-state index contributed by atoms with van der Waals surface area (Å²) in [5.74, 6) is 4.95. The number of halogens is 1. The monoisotopic (exact) mass is 178 g/mol. The van der Waals surface area contributed by atoms with Crippen LogP contribution in [0, 0.1) is 11.8 Å². The van der Waals surface area contributed by atoms with Gasteiger partial charge in [-0.05, 0) is 18.1 Å². The van der Waals surface area contributed by atoms with Gasteiger partial charge in [0.15, 0.2) is 0 Å². The molecule has 0 aliphatic carbocycles. The third kappa shape index (κ3) is 2.41. The van der Waals surface area contributed by atoms with E-state index in [9.17, 15) is 4.79 Å². The van der Waals surface area contributed by atoms with Gasteiger partial charge in [-0.1, -0.05) is 29.7 Å². The van der Waals surface area contributed by atoms with Gasteiger partial charge in [0.2, 0.25) is 5.78 Å². The number of Topliss-reactive ketones (excluding diaryl/α,β-unsaturated/α-hetero) is 1. The average Bonchev–Trinajstić information content (AvgIpc) is 2.03. The first-order valence-electron chi connectivity index (χ1n) is 3.47. The maximum atomic E-state index is 10.5. The summed E-state index contributed by atoms with van der Waals surface area (Å²) in [5.41, 5.74) is 0.689. The number of hydrogen-bond acceptors (Lipinski definition) is 1.